The predicted molar refractivity (Wildman–Crippen MR) is 226 cm³/mol. The normalized spacial score (nSPS) is 12.2. The van der Waals surface area contributed by atoms with Crippen molar-refractivity contribution in [3.63, 3.8) is 0 Å². The fraction of sp³-hybridized carbons (Fsp3) is 0. The van der Waals surface area contributed by atoms with Gasteiger partial charge in [0.1, 0.15) is 0 Å². The highest BCUT2D eigenvalue weighted by Gasteiger charge is 2.37. The zero-order valence-corrected chi connectivity index (χ0v) is 29.2. The van der Waals surface area contributed by atoms with E-state index in [1.165, 1.54) is 0 Å². The number of hydrogen-bond acceptors (Lipinski definition) is 2. The number of nitrogens with zero attached hydrogens (tertiary/aromatic N) is 1. The van der Waals surface area contributed by atoms with Crippen LogP contribution >= 0.6 is 0 Å². The highest BCUT2D eigenvalue weighted by Crippen LogP contribution is 2.35. The maximum absolute atomic E-state index is 14.8. The molecule has 0 unspecified atom stereocenters. The van der Waals surface area contributed by atoms with E-state index in [9.17, 15) is 9.59 Å². The van der Waals surface area contributed by atoms with E-state index in [2.05, 4.69) is 138 Å². The van der Waals surface area contributed by atoms with Crippen LogP contribution in [0, 0.1) is 0 Å². The van der Waals surface area contributed by atoms with Crippen molar-refractivity contribution >= 4 is 61.2 Å². The van der Waals surface area contributed by atoms with Crippen molar-refractivity contribution in [3.05, 3.63) is 202 Å². The first-order valence-corrected chi connectivity index (χ1v) is 18.4. The van der Waals surface area contributed by atoms with Gasteiger partial charge in [-0.2, -0.15) is 0 Å². The molecule has 0 spiro atoms. The number of pyridine rings is 2. The largest absolute Gasteiger partial charge is 0.309 e. The Bertz CT molecular complexity index is 3170. The molecule has 4 heteroatoms. The van der Waals surface area contributed by atoms with Gasteiger partial charge in [-0.15, -0.1) is 0 Å². The molecular weight excluding hydrogens is 657 g/mol. The Balaban J connectivity index is 1.38. The Morgan fingerprint density at radius 2 is 0.759 bits per heavy atom. The van der Waals surface area contributed by atoms with E-state index in [4.69, 9.17) is 0 Å². The Labute approximate surface area is 311 Å². The number of aromatic nitrogens is 1. The summed E-state index contributed by atoms with van der Waals surface area (Å²) in [6.07, 6.45) is 0. The smallest absolute Gasteiger partial charge is 0.248 e. The highest BCUT2D eigenvalue weighted by atomic mass is 16.1. The van der Waals surface area contributed by atoms with Crippen molar-refractivity contribution in [2.75, 3.05) is 0 Å². The van der Waals surface area contributed by atoms with Gasteiger partial charge in [-0.25, -0.2) is 0 Å². The summed E-state index contributed by atoms with van der Waals surface area (Å²) in [4.78, 5) is 29.3. The lowest BCUT2D eigenvalue weighted by Gasteiger charge is -2.31. The zero-order chi connectivity index (χ0) is 35.9. The summed E-state index contributed by atoms with van der Waals surface area (Å²) in [5.74, 6) is 0. The molecule has 0 fully saturated rings. The summed E-state index contributed by atoms with van der Waals surface area (Å²) >= 11 is 0. The molecule has 0 radical (unpaired) electrons. The minimum atomic E-state index is -0.323. The molecule has 3 nitrogen and oxygen atoms in total. The third-order valence-electron chi connectivity index (χ3n) is 11.4. The minimum absolute atomic E-state index is 0.0507. The molecule has 8 aromatic carbocycles. The molecule has 3 heterocycles. The molecule has 250 valence electrons. The van der Waals surface area contributed by atoms with Gasteiger partial charge in [0, 0.05) is 21.5 Å². The number of benzene rings is 8. The quantitative estimate of drug-likeness (QED) is 0.103. The summed E-state index contributed by atoms with van der Waals surface area (Å²) in [5.41, 5.74) is 14.2. The molecule has 0 amide bonds. The average molecular weight is 688 g/mol. The Hall–Kier alpha value is -7.04. The standard InChI is InChI=1S/C50H30BNO2/c53-49-37-23-13-24-38-46(37)52-47-39(49)25-14-26-43(47)51(44-30-36(32-17-7-2-8-18-32)29-42(48(44)52)50(38)54)45-40(33-19-9-3-10-20-33)27-35(31-15-5-1-6-16-31)28-41(45)34-21-11-4-12-22-34/h1-30H. The van der Waals surface area contributed by atoms with Crippen LogP contribution in [0.1, 0.15) is 0 Å². The van der Waals surface area contributed by atoms with E-state index in [1.807, 2.05) is 48.5 Å². The molecule has 2 aromatic heterocycles. The van der Waals surface area contributed by atoms with Crippen LogP contribution in [0.2, 0.25) is 0 Å². The topological polar surface area (TPSA) is 38.5 Å². The van der Waals surface area contributed by atoms with Crippen molar-refractivity contribution in [3.8, 4) is 44.5 Å². The maximum atomic E-state index is 14.8. The number of rotatable bonds is 5. The molecule has 1 aliphatic rings. The van der Waals surface area contributed by atoms with E-state index in [0.29, 0.717) is 27.1 Å². The van der Waals surface area contributed by atoms with Gasteiger partial charge in [0.25, 0.3) is 0 Å². The van der Waals surface area contributed by atoms with Crippen molar-refractivity contribution in [1.29, 1.82) is 0 Å². The molecular formula is C50H30BNO2. The average Bonchev–Trinajstić information content (AvgIpc) is 3.24. The van der Waals surface area contributed by atoms with Gasteiger partial charge >= 0.3 is 0 Å². The maximum Gasteiger partial charge on any atom is 0.248 e. The molecule has 1 aliphatic heterocycles. The van der Waals surface area contributed by atoms with Crippen LogP contribution in [0.15, 0.2) is 192 Å². The van der Waals surface area contributed by atoms with E-state index in [0.717, 1.165) is 71.9 Å². The minimum Gasteiger partial charge on any atom is -0.309 e. The van der Waals surface area contributed by atoms with Crippen LogP contribution in [0.3, 0.4) is 0 Å². The van der Waals surface area contributed by atoms with Gasteiger partial charge in [-0.1, -0.05) is 151 Å². The lowest BCUT2D eigenvalue weighted by atomic mass is 9.33. The predicted octanol–water partition coefficient (Wildman–Crippen LogP) is 9.05. The van der Waals surface area contributed by atoms with Gasteiger partial charge in [0.05, 0.1) is 16.6 Å². The first-order chi connectivity index (χ1) is 26.7. The van der Waals surface area contributed by atoms with Crippen LogP contribution < -0.4 is 27.2 Å². The van der Waals surface area contributed by atoms with Gasteiger partial charge in [-0.3, -0.25) is 9.59 Å². The van der Waals surface area contributed by atoms with Crippen LogP contribution in [0.25, 0.3) is 82.6 Å². The molecule has 11 rings (SSSR count). The molecule has 0 atom stereocenters. The monoisotopic (exact) mass is 687 g/mol. The lowest BCUT2D eigenvalue weighted by Crippen LogP contribution is -2.56. The second kappa shape index (κ2) is 11.7. The van der Waals surface area contributed by atoms with Crippen molar-refractivity contribution in [2.45, 2.75) is 0 Å². The molecule has 0 bridgehead atoms. The molecule has 0 saturated heterocycles. The zero-order valence-electron chi connectivity index (χ0n) is 29.2. The third-order valence-corrected chi connectivity index (χ3v) is 11.4. The van der Waals surface area contributed by atoms with Crippen molar-refractivity contribution < 1.29 is 0 Å². The summed E-state index contributed by atoms with van der Waals surface area (Å²) in [7, 11) is 0. The van der Waals surface area contributed by atoms with Crippen LogP contribution in [-0.4, -0.2) is 11.1 Å². The second-order valence-electron chi connectivity index (χ2n) is 14.3. The van der Waals surface area contributed by atoms with Crippen molar-refractivity contribution in [1.82, 2.24) is 4.40 Å². The van der Waals surface area contributed by atoms with E-state index in [1.54, 1.807) is 0 Å². The van der Waals surface area contributed by atoms with Gasteiger partial charge in [0.2, 0.25) is 6.71 Å². The Morgan fingerprint density at radius 3 is 1.30 bits per heavy atom. The van der Waals surface area contributed by atoms with Gasteiger partial charge in [-0.05, 0) is 91.8 Å². The molecule has 0 aliphatic carbocycles. The van der Waals surface area contributed by atoms with Crippen molar-refractivity contribution in [2.24, 2.45) is 0 Å². The third kappa shape index (κ3) is 4.37. The Kier molecular flexibility index (Phi) is 6.65. The highest BCUT2D eigenvalue weighted by molar-refractivity contribution is 7.00. The fourth-order valence-corrected chi connectivity index (χ4v) is 9.05. The van der Waals surface area contributed by atoms with E-state index < -0.39 is 0 Å². The second-order valence-corrected chi connectivity index (χ2v) is 14.3. The Morgan fingerprint density at radius 1 is 0.333 bits per heavy atom. The van der Waals surface area contributed by atoms with Gasteiger partial charge < -0.3 is 4.40 Å². The van der Waals surface area contributed by atoms with E-state index in [-0.39, 0.29) is 17.6 Å². The molecule has 10 aromatic rings. The van der Waals surface area contributed by atoms with E-state index >= 15 is 0 Å². The lowest BCUT2D eigenvalue weighted by molar-refractivity contribution is 1.31. The van der Waals surface area contributed by atoms with Gasteiger partial charge in [0.15, 0.2) is 10.9 Å². The van der Waals surface area contributed by atoms with Crippen LogP contribution in [0.5, 0.6) is 0 Å². The number of hydrogen-bond donors (Lipinski definition) is 0. The fourth-order valence-electron chi connectivity index (χ4n) is 9.05. The number of para-hydroxylation sites is 2. The summed E-state index contributed by atoms with van der Waals surface area (Å²) in [5, 5.41) is 2.43. The summed E-state index contributed by atoms with van der Waals surface area (Å²) in [6.45, 7) is -0.323. The first kappa shape index (κ1) is 30.6. The summed E-state index contributed by atoms with van der Waals surface area (Å²) < 4.78 is 2.23. The molecule has 54 heavy (non-hydrogen) atoms. The summed E-state index contributed by atoms with van der Waals surface area (Å²) in [6, 6.07) is 62.8. The molecule has 0 N–H and O–H groups in total. The SMILES string of the molecule is O=c1c2cccc3c2n2c4c(cc(-c5ccccc5)cc4c(=O)c4cccc1c42)B3c1c(-c2ccccc2)cc(-c2ccccc2)cc1-c1ccccc1. The van der Waals surface area contributed by atoms with Crippen LogP contribution in [-0.2, 0) is 0 Å². The first-order valence-electron chi connectivity index (χ1n) is 18.4. The van der Waals surface area contributed by atoms with Crippen LogP contribution in [0.4, 0.5) is 0 Å². The molecule has 0 saturated carbocycles.